The Morgan fingerprint density at radius 2 is 2.22 bits per heavy atom. The summed E-state index contributed by atoms with van der Waals surface area (Å²) >= 11 is 1.57. The Morgan fingerprint density at radius 1 is 1.41 bits per heavy atom. The molecule has 7 heteroatoms. The Morgan fingerprint density at radius 3 is 2.96 bits per heavy atom. The maximum absolute atomic E-state index is 11.6. The lowest BCUT2D eigenvalue weighted by Gasteiger charge is -2.18. The quantitative estimate of drug-likeness (QED) is 0.759. The van der Waals surface area contributed by atoms with E-state index in [1.54, 1.807) is 11.3 Å². The number of thiazole rings is 1. The van der Waals surface area contributed by atoms with Gasteiger partial charge in [0.05, 0.1) is 11.4 Å². The lowest BCUT2D eigenvalue weighted by molar-refractivity contribution is -0.118. The maximum Gasteiger partial charge on any atom is 0.262 e. The molecule has 1 N–H and O–H groups in total. The van der Waals surface area contributed by atoms with Crippen molar-refractivity contribution in [1.82, 2.24) is 4.68 Å². The van der Waals surface area contributed by atoms with Crippen molar-refractivity contribution in [2.75, 3.05) is 18.5 Å². The van der Waals surface area contributed by atoms with E-state index in [0.717, 1.165) is 34.6 Å². The summed E-state index contributed by atoms with van der Waals surface area (Å²) < 4.78 is 7.37. The van der Waals surface area contributed by atoms with Crippen molar-refractivity contribution in [3.63, 3.8) is 0 Å². The third-order valence-corrected chi connectivity index (χ3v) is 5.10. The van der Waals surface area contributed by atoms with Crippen molar-refractivity contribution in [2.24, 2.45) is 16.0 Å². The Hall–Kier alpha value is -2.41. The first-order chi connectivity index (χ1) is 13.0. The predicted octanol–water partition coefficient (Wildman–Crippen LogP) is 4.13. The van der Waals surface area contributed by atoms with Crippen LogP contribution in [0.2, 0.25) is 0 Å². The first-order valence-electron chi connectivity index (χ1n) is 9.30. The molecular weight excluding hydrogens is 360 g/mol. The highest BCUT2D eigenvalue weighted by Crippen LogP contribution is 2.32. The molecule has 2 aromatic rings. The molecule has 0 bridgehead atoms. The molecule has 1 amide bonds. The summed E-state index contributed by atoms with van der Waals surface area (Å²) in [5.41, 5.74) is 3.69. The summed E-state index contributed by atoms with van der Waals surface area (Å²) in [6.07, 6.45) is 2.07. The number of benzene rings is 1. The van der Waals surface area contributed by atoms with Crippen LogP contribution in [0, 0.1) is 5.92 Å². The molecule has 1 aliphatic heterocycles. The zero-order chi connectivity index (χ0) is 19.4. The molecule has 0 saturated heterocycles. The molecule has 0 saturated carbocycles. The van der Waals surface area contributed by atoms with Gasteiger partial charge in [-0.25, -0.2) is 4.68 Å². The molecule has 2 heterocycles. The van der Waals surface area contributed by atoms with Gasteiger partial charge in [-0.1, -0.05) is 13.8 Å². The fourth-order valence-electron chi connectivity index (χ4n) is 2.80. The van der Waals surface area contributed by atoms with E-state index in [1.807, 2.05) is 29.8 Å². The minimum absolute atomic E-state index is 0.0592. The smallest absolute Gasteiger partial charge is 0.262 e. The van der Waals surface area contributed by atoms with Crippen LogP contribution in [0.25, 0.3) is 11.3 Å². The zero-order valence-corrected chi connectivity index (χ0v) is 17.1. The highest BCUT2D eigenvalue weighted by molar-refractivity contribution is 7.07. The number of hydrogen-bond acceptors (Lipinski definition) is 5. The molecule has 1 aromatic heterocycles. The van der Waals surface area contributed by atoms with E-state index >= 15 is 0 Å². The van der Waals surface area contributed by atoms with Gasteiger partial charge in [0.15, 0.2) is 6.61 Å². The van der Waals surface area contributed by atoms with Gasteiger partial charge < -0.3 is 10.1 Å². The highest BCUT2D eigenvalue weighted by atomic mass is 32.1. The van der Waals surface area contributed by atoms with Crippen molar-refractivity contribution >= 4 is 28.6 Å². The van der Waals surface area contributed by atoms with Gasteiger partial charge in [-0.05, 0) is 50.8 Å². The zero-order valence-electron chi connectivity index (χ0n) is 16.3. The average molecular weight is 387 g/mol. The maximum atomic E-state index is 11.6. The van der Waals surface area contributed by atoms with Gasteiger partial charge in [-0.15, -0.1) is 11.3 Å². The summed E-state index contributed by atoms with van der Waals surface area (Å²) in [5.74, 6) is 1.20. The predicted molar refractivity (Wildman–Crippen MR) is 111 cm³/mol. The van der Waals surface area contributed by atoms with Crippen molar-refractivity contribution < 1.29 is 9.53 Å². The molecule has 0 atom stereocenters. The third kappa shape index (κ3) is 4.66. The van der Waals surface area contributed by atoms with Crippen molar-refractivity contribution in [1.29, 1.82) is 0 Å². The molecule has 0 fully saturated rings. The Labute approximate surface area is 163 Å². The molecule has 0 aliphatic carbocycles. The molecule has 27 heavy (non-hydrogen) atoms. The summed E-state index contributed by atoms with van der Waals surface area (Å²) in [5, 5.41) is 9.77. The van der Waals surface area contributed by atoms with E-state index in [9.17, 15) is 4.79 Å². The second-order valence-corrected chi connectivity index (χ2v) is 7.84. The van der Waals surface area contributed by atoms with Crippen LogP contribution in [-0.4, -0.2) is 29.4 Å². The van der Waals surface area contributed by atoms with E-state index in [4.69, 9.17) is 9.84 Å². The normalized spacial score (nSPS) is 14.9. The number of anilines is 1. The minimum atomic E-state index is -0.137. The molecule has 6 nitrogen and oxygen atoms in total. The Bertz CT molecular complexity index is 924. The van der Waals surface area contributed by atoms with Gasteiger partial charge in [0.1, 0.15) is 5.75 Å². The van der Waals surface area contributed by atoms with Gasteiger partial charge in [0.25, 0.3) is 5.91 Å². The number of nitrogens with zero attached hydrogens (tertiary/aromatic N) is 3. The molecule has 0 spiro atoms. The monoisotopic (exact) mass is 386 g/mol. The summed E-state index contributed by atoms with van der Waals surface area (Å²) in [7, 11) is 0. The first-order valence-corrected chi connectivity index (χ1v) is 10.2. The van der Waals surface area contributed by atoms with E-state index in [0.29, 0.717) is 23.9 Å². The largest absolute Gasteiger partial charge is 0.482 e. The molecule has 3 rings (SSSR count). The van der Waals surface area contributed by atoms with Crippen molar-refractivity contribution in [3.05, 3.63) is 28.4 Å². The summed E-state index contributed by atoms with van der Waals surface area (Å²) in [6, 6.07) is 5.81. The topological polar surface area (TPSA) is 68.0 Å². The third-order valence-electron chi connectivity index (χ3n) is 4.24. The van der Waals surface area contributed by atoms with Crippen molar-refractivity contribution in [3.8, 4) is 17.0 Å². The van der Waals surface area contributed by atoms with Crippen molar-refractivity contribution in [2.45, 2.75) is 40.5 Å². The lowest BCUT2D eigenvalue weighted by atomic mass is 10.1. The standard InChI is InChI=1S/C20H26N4O2S/c1-5-21-20-24(23-14(4)7-6-13(2)3)17(12-27-20)15-8-9-18-16(10-15)22-19(25)11-26-18/h8-10,12-13H,5-7,11H2,1-4H3,(H,22,25). The molecule has 144 valence electrons. The van der Waals surface area contributed by atoms with Gasteiger partial charge in [-0.3, -0.25) is 9.79 Å². The molecule has 0 unspecified atom stereocenters. The van der Waals surface area contributed by atoms with Crippen LogP contribution >= 0.6 is 11.3 Å². The Kier molecular flexibility index (Phi) is 6.11. The number of hydrogen-bond donors (Lipinski definition) is 1. The summed E-state index contributed by atoms with van der Waals surface area (Å²) in [4.78, 5) is 17.1. The number of aromatic nitrogens is 1. The number of fused-ring (bicyclic) bond motifs is 1. The highest BCUT2D eigenvalue weighted by Gasteiger charge is 2.18. The van der Waals surface area contributed by atoms with Crippen LogP contribution < -0.4 is 14.9 Å². The molecule has 1 aliphatic rings. The lowest BCUT2D eigenvalue weighted by Crippen LogP contribution is -2.25. The molecular formula is C20H26N4O2S. The number of carbonyl (C=O) groups is 1. The fourth-order valence-corrected chi connectivity index (χ4v) is 3.69. The minimum Gasteiger partial charge on any atom is -0.482 e. The number of rotatable bonds is 6. The van der Waals surface area contributed by atoms with Gasteiger partial charge in [-0.2, -0.15) is 5.10 Å². The molecule has 1 aromatic carbocycles. The van der Waals surface area contributed by atoms with Gasteiger partial charge in [0, 0.05) is 23.2 Å². The fraction of sp³-hybridized carbons (Fsp3) is 0.450. The first kappa shape index (κ1) is 19.4. The van der Waals surface area contributed by atoms with Crippen LogP contribution in [-0.2, 0) is 4.79 Å². The van der Waals surface area contributed by atoms with Crippen LogP contribution in [0.15, 0.2) is 33.7 Å². The van der Waals surface area contributed by atoms with E-state index in [-0.39, 0.29) is 12.5 Å². The SMILES string of the molecule is CCN=c1scc(-c2ccc3c(c2)NC(=O)CO3)n1N=C(C)CCC(C)C. The average Bonchev–Trinajstić information content (AvgIpc) is 3.02. The Balaban J connectivity index is 2.01. The number of amides is 1. The van der Waals surface area contributed by atoms with Gasteiger partial charge in [0.2, 0.25) is 4.80 Å². The van der Waals surface area contributed by atoms with Crippen LogP contribution in [0.1, 0.15) is 40.5 Å². The van der Waals surface area contributed by atoms with E-state index in [2.05, 4.69) is 36.5 Å². The second kappa shape index (κ2) is 8.52. The van der Waals surface area contributed by atoms with E-state index < -0.39 is 0 Å². The van der Waals surface area contributed by atoms with E-state index in [1.165, 1.54) is 0 Å². The second-order valence-electron chi connectivity index (χ2n) is 7.01. The number of carbonyl (C=O) groups excluding carboxylic acids is 1. The summed E-state index contributed by atoms with van der Waals surface area (Å²) in [6.45, 7) is 9.28. The van der Waals surface area contributed by atoms with Crippen LogP contribution in [0.4, 0.5) is 5.69 Å². The number of ether oxygens (including phenoxy) is 1. The molecule has 0 radical (unpaired) electrons. The van der Waals surface area contributed by atoms with Crippen LogP contribution in [0.5, 0.6) is 5.75 Å². The van der Waals surface area contributed by atoms with Crippen LogP contribution in [0.3, 0.4) is 0 Å². The van der Waals surface area contributed by atoms with Gasteiger partial charge >= 0.3 is 0 Å². The number of nitrogens with one attached hydrogen (secondary N) is 1.